The highest BCUT2D eigenvalue weighted by molar-refractivity contribution is 7.91. The average molecular weight is 533 g/mol. The number of methoxy groups -OCH3 is 1. The number of amides is 2. The van der Waals surface area contributed by atoms with Crippen LogP contribution in [0.3, 0.4) is 0 Å². The van der Waals surface area contributed by atoms with E-state index in [1.54, 1.807) is 7.11 Å². The molecule has 0 radical (unpaired) electrons. The number of morpholine rings is 1. The van der Waals surface area contributed by atoms with E-state index >= 15 is 0 Å². The van der Waals surface area contributed by atoms with Crippen LogP contribution >= 0.6 is 0 Å². The Labute approximate surface area is 217 Å². The van der Waals surface area contributed by atoms with Crippen LogP contribution in [0.5, 0.6) is 5.75 Å². The molecule has 200 valence electrons. The van der Waals surface area contributed by atoms with Gasteiger partial charge in [0.1, 0.15) is 17.6 Å². The molecule has 4 rings (SSSR count). The van der Waals surface area contributed by atoms with E-state index in [-0.39, 0.29) is 11.3 Å². The first kappa shape index (κ1) is 27.1. The van der Waals surface area contributed by atoms with E-state index in [9.17, 15) is 22.4 Å². The maximum atomic E-state index is 13.2. The predicted molar refractivity (Wildman–Crippen MR) is 137 cm³/mol. The molecule has 1 saturated heterocycles. The lowest BCUT2D eigenvalue weighted by molar-refractivity contribution is -0.136. The SMILES string of the molecule is COc1ccc([C@@H]2C[C@H]2CCCS(=O)(=O)C[C@H](NC(=O)c2ccc(F)cc2)C(=O)N2CCOCC2)cc1. The van der Waals surface area contributed by atoms with Crippen LogP contribution in [0.15, 0.2) is 48.5 Å². The maximum absolute atomic E-state index is 13.2. The molecule has 8 nitrogen and oxygen atoms in total. The molecule has 37 heavy (non-hydrogen) atoms. The van der Waals surface area contributed by atoms with Gasteiger partial charge >= 0.3 is 0 Å². The van der Waals surface area contributed by atoms with Crippen LogP contribution < -0.4 is 10.1 Å². The van der Waals surface area contributed by atoms with Crippen molar-refractivity contribution in [3.05, 3.63) is 65.5 Å². The Bertz CT molecular complexity index is 1180. The molecule has 2 fully saturated rings. The minimum Gasteiger partial charge on any atom is -0.497 e. The summed E-state index contributed by atoms with van der Waals surface area (Å²) in [6.45, 7) is 1.37. The Morgan fingerprint density at radius 3 is 2.43 bits per heavy atom. The molecule has 0 bridgehead atoms. The molecule has 0 unspecified atom stereocenters. The molecule has 1 N–H and O–H groups in total. The largest absolute Gasteiger partial charge is 0.497 e. The van der Waals surface area contributed by atoms with Gasteiger partial charge in [-0.1, -0.05) is 12.1 Å². The van der Waals surface area contributed by atoms with Crippen LogP contribution in [0.4, 0.5) is 4.39 Å². The number of halogens is 1. The molecule has 1 aliphatic heterocycles. The van der Waals surface area contributed by atoms with Gasteiger partial charge < -0.3 is 19.7 Å². The molecular formula is C27H33FN2O6S. The number of nitrogens with zero attached hydrogens (tertiary/aromatic N) is 1. The van der Waals surface area contributed by atoms with E-state index in [2.05, 4.69) is 5.32 Å². The van der Waals surface area contributed by atoms with Crippen molar-refractivity contribution in [1.82, 2.24) is 10.2 Å². The first-order chi connectivity index (χ1) is 17.8. The minimum absolute atomic E-state index is 0.0574. The van der Waals surface area contributed by atoms with Gasteiger partial charge in [-0.3, -0.25) is 9.59 Å². The van der Waals surface area contributed by atoms with Crippen LogP contribution in [0.1, 0.15) is 41.1 Å². The van der Waals surface area contributed by atoms with Gasteiger partial charge in [-0.2, -0.15) is 0 Å². The molecule has 1 saturated carbocycles. The van der Waals surface area contributed by atoms with E-state index in [4.69, 9.17) is 9.47 Å². The summed E-state index contributed by atoms with van der Waals surface area (Å²) in [6, 6.07) is 11.6. The summed E-state index contributed by atoms with van der Waals surface area (Å²) in [5.41, 5.74) is 1.38. The monoisotopic (exact) mass is 532 g/mol. The molecule has 1 aliphatic carbocycles. The standard InChI is InChI=1S/C27H33FN2O6S/c1-35-23-10-6-19(7-11-23)24-17-21(24)3-2-16-37(33,34)18-25(27(32)30-12-14-36-15-13-30)29-26(31)20-4-8-22(28)9-5-20/h4-11,21,24-25H,2-3,12-18H2,1H3,(H,29,31)/t21-,24+,25+/m1/s1. The summed E-state index contributed by atoms with van der Waals surface area (Å²) < 4.78 is 49.7. The highest BCUT2D eigenvalue weighted by Crippen LogP contribution is 2.50. The lowest BCUT2D eigenvalue weighted by Gasteiger charge is -2.30. The van der Waals surface area contributed by atoms with Crippen molar-refractivity contribution in [3.8, 4) is 5.75 Å². The fourth-order valence-corrected chi connectivity index (χ4v) is 6.26. The van der Waals surface area contributed by atoms with Gasteiger partial charge in [0.25, 0.3) is 5.91 Å². The Morgan fingerprint density at radius 2 is 1.78 bits per heavy atom. The number of sulfone groups is 1. The number of carbonyl (C=O) groups excluding carboxylic acids is 2. The molecular weight excluding hydrogens is 499 g/mol. The molecule has 10 heteroatoms. The predicted octanol–water partition coefficient (Wildman–Crippen LogP) is 2.79. The lowest BCUT2D eigenvalue weighted by Crippen LogP contribution is -2.54. The number of nitrogens with one attached hydrogen (secondary N) is 1. The average Bonchev–Trinajstić information content (AvgIpc) is 3.68. The number of hydrogen-bond acceptors (Lipinski definition) is 6. The van der Waals surface area contributed by atoms with Gasteiger partial charge in [-0.15, -0.1) is 0 Å². The molecule has 0 aromatic heterocycles. The molecule has 2 aromatic rings. The van der Waals surface area contributed by atoms with E-state index < -0.39 is 39.3 Å². The smallest absolute Gasteiger partial charge is 0.251 e. The Morgan fingerprint density at radius 1 is 1.11 bits per heavy atom. The van der Waals surface area contributed by atoms with Crippen molar-refractivity contribution in [2.75, 3.05) is 44.9 Å². The Hall–Kier alpha value is -2.98. The summed E-state index contributed by atoms with van der Waals surface area (Å²) >= 11 is 0. The number of rotatable bonds is 11. The summed E-state index contributed by atoms with van der Waals surface area (Å²) in [7, 11) is -2.00. The van der Waals surface area contributed by atoms with Crippen molar-refractivity contribution in [3.63, 3.8) is 0 Å². The van der Waals surface area contributed by atoms with Crippen LogP contribution in [0.25, 0.3) is 0 Å². The number of hydrogen-bond donors (Lipinski definition) is 1. The van der Waals surface area contributed by atoms with Gasteiger partial charge in [0.05, 0.1) is 31.8 Å². The maximum Gasteiger partial charge on any atom is 0.251 e. The van der Waals surface area contributed by atoms with Crippen LogP contribution in [0.2, 0.25) is 0 Å². The highest BCUT2D eigenvalue weighted by atomic mass is 32.2. The van der Waals surface area contributed by atoms with E-state index in [0.717, 1.165) is 30.7 Å². The molecule has 2 aromatic carbocycles. The third kappa shape index (κ3) is 7.52. The normalized spacial score (nSPS) is 20.2. The third-order valence-electron chi connectivity index (χ3n) is 6.95. The second kappa shape index (κ2) is 12.0. The van der Waals surface area contributed by atoms with Gasteiger partial charge in [0.15, 0.2) is 9.84 Å². The van der Waals surface area contributed by atoms with Gasteiger partial charge in [0.2, 0.25) is 5.91 Å². The van der Waals surface area contributed by atoms with Crippen molar-refractivity contribution >= 4 is 21.7 Å². The van der Waals surface area contributed by atoms with Crippen LogP contribution in [-0.2, 0) is 19.4 Å². The summed E-state index contributed by atoms with van der Waals surface area (Å²) in [4.78, 5) is 27.4. The zero-order valence-corrected chi connectivity index (χ0v) is 21.7. The lowest BCUT2D eigenvalue weighted by atomic mass is 10.1. The molecule has 0 spiro atoms. The summed E-state index contributed by atoms with van der Waals surface area (Å²) in [5.74, 6) is -0.441. The Balaban J connectivity index is 1.34. The molecule has 2 aliphatic rings. The second-order valence-corrected chi connectivity index (χ2v) is 11.8. The summed E-state index contributed by atoms with van der Waals surface area (Å²) in [6.07, 6.45) is 2.29. The Kier molecular flexibility index (Phi) is 8.81. The zero-order chi connectivity index (χ0) is 26.4. The summed E-state index contributed by atoms with van der Waals surface area (Å²) in [5, 5.41) is 2.57. The van der Waals surface area contributed by atoms with Crippen molar-refractivity contribution in [1.29, 1.82) is 0 Å². The second-order valence-electron chi connectivity index (χ2n) is 9.60. The van der Waals surface area contributed by atoms with Crippen LogP contribution in [-0.4, -0.2) is 76.1 Å². The number of carbonyl (C=O) groups is 2. The van der Waals surface area contributed by atoms with E-state index in [1.165, 1.54) is 22.6 Å². The van der Waals surface area contributed by atoms with Crippen LogP contribution in [0, 0.1) is 11.7 Å². The first-order valence-corrected chi connectivity index (χ1v) is 14.4. The van der Waals surface area contributed by atoms with E-state index in [1.807, 2.05) is 24.3 Å². The van der Waals surface area contributed by atoms with Gasteiger partial charge in [-0.25, -0.2) is 12.8 Å². The number of ether oxygens (including phenoxy) is 2. The fourth-order valence-electron chi connectivity index (χ4n) is 4.75. The molecule has 3 atom stereocenters. The molecule has 2 amide bonds. The first-order valence-electron chi connectivity index (χ1n) is 12.5. The van der Waals surface area contributed by atoms with Gasteiger partial charge in [-0.05, 0) is 73.1 Å². The quantitative estimate of drug-likeness (QED) is 0.478. The van der Waals surface area contributed by atoms with E-state index in [0.29, 0.717) is 44.6 Å². The van der Waals surface area contributed by atoms with Crippen molar-refractivity contribution < 1.29 is 31.9 Å². The minimum atomic E-state index is -3.63. The molecule has 1 heterocycles. The fraction of sp³-hybridized carbons (Fsp3) is 0.481. The zero-order valence-electron chi connectivity index (χ0n) is 20.9. The topological polar surface area (TPSA) is 102 Å². The van der Waals surface area contributed by atoms with Gasteiger partial charge in [0, 0.05) is 18.7 Å². The van der Waals surface area contributed by atoms with Crippen molar-refractivity contribution in [2.24, 2.45) is 5.92 Å². The highest BCUT2D eigenvalue weighted by Gasteiger charge is 2.38. The van der Waals surface area contributed by atoms with Crippen molar-refractivity contribution in [2.45, 2.75) is 31.2 Å². The number of benzene rings is 2. The third-order valence-corrected chi connectivity index (χ3v) is 8.70.